The lowest BCUT2D eigenvalue weighted by atomic mass is 10.1. The average molecular weight is 315 g/mol. The standard InChI is InChI=1S/C13H15BrO4/c14-11-4-2-1-3-9(11)7-13-17-8-10(18-13)5-6-12(15)16/h1-4,10,13H,5-8H2,(H,15,16). The lowest BCUT2D eigenvalue weighted by Crippen LogP contribution is -2.15. The van der Waals surface area contributed by atoms with Gasteiger partial charge in [-0.3, -0.25) is 4.79 Å². The Morgan fingerprint density at radius 1 is 1.44 bits per heavy atom. The van der Waals surface area contributed by atoms with E-state index in [9.17, 15) is 4.79 Å². The van der Waals surface area contributed by atoms with Crippen molar-refractivity contribution in [1.29, 1.82) is 0 Å². The summed E-state index contributed by atoms with van der Waals surface area (Å²) in [5.74, 6) is -0.798. The van der Waals surface area contributed by atoms with Crippen molar-refractivity contribution in [1.82, 2.24) is 0 Å². The van der Waals surface area contributed by atoms with Crippen LogP contribution in [0, 0.1) is 0 Å². The Kier molecular flexibility index (Phi) is 4.74. The average Bonchev–Trinajstić information content (AvgIpc) is 2.77. The maximum absolute atomic E-state index is 10.5. The number of benzene rings is 1. The molecule has 0 amide bonds. The SMILES string of the molecule is O=C(O)CCC1COC(Cc2ccccc2Br)O1. The minimum Gasteiger partial charge on any atom is -0.481 e. The Labute approximate surface area is 114 Å². The van der Waals surface area contributed by atoms with Crippen molar-refractivity contribution in [3.05, 3.63) is 34.3 Å². The fraction of sp³-hybridized carbons (Fsp3) is 0.462. The van der Waals surface area contributed by atoms with Gasteiger partial charge in [-0.05, 0) is 18.1 Å². The molecular formula is C13H15BrO4. The molecule has 1 saturated heterocycles. The van der Waals surface area contributed by atoms with Crippen LogP contribution in [0.5, 0.6) is 0 Å². The van der Waals surface area contributed by atoms with E-state index in [1.54, 1.807) is 0 Å². The number of carboxylic acid groups (broad SMARTS) is 1. The monoisotopic (exact) mass is 314 g/mol. The first-order valence-electron chi connectivity index (χ1n) is 5.87. The van der Waals surface area contributed by atoms with Crippen molar-refractivity contribution in [3.63, 3.8) is 0 Å². The summed E-state index contributed by atoms with van der Waals surface area (Å²) in [6.07, 6.45) is 0.916. The van der Waals surface area contributed by atoms with Crippen LogP contribution in [-0.2, 0) is 20.7 Å². The number of aliphatic carboxylic acids is 1. The number of hydrogen-bond donors (Lipinski definition) is 1. The molecule has 0 aromatic heterocycles. The van der Waals surface area contributed by atoms with E-state index in [1.165, 1.54) is 0 Å². The van der Waals surface area contributed by atoms with Crippen LogP contribution < -0.4 is 0 Å². The summed E-state index contributed by atoms with van der Waals surface area (Å²) in [6.45, 7) is 0.475. The highest BCUT2D eigenvalue weighted by atomic mass is 79.9. The Balaban J connectivity index is 1.83. The molecule has 0 radical (unpaired) electrons. The van der Waals surface area contributed by atoms with E-state index in [4.69, 9.17) is 14.6 Å². The third-order valence-electron chi connectivity index (χ3n) is 2.84. The number of hydrogen-bond acceptors (Lipinski definition) is 3. The van der Waals surface area contributed by atoms with Crippen molar-refractivity contribution < 1.29 is 19.4 Å². The molecule has 1 aromatic carbocycles. The number of halogens is 1. The van der Waals surface area contributed by atoms with E-state index in [0.717, 1.165) is 10.0 Å². The zero-order chi connectivity index (χ0) is 13.0. The molecule has 4 nitrogen and oxygen atoms in total. The fourth-order valence-electron chi connectivity index (χ4n) is 1.89. The normalized spacial score (nSPS) is 23.2. The van der Waals surface area contributed by atoms with Gasteiger partial charge in [0.05, 0.1) is 12.7 Å². The summed E-state index contributed by atoms with van der Waals surface area (Å²) >= 11 is 3.48. The molecule has 1 aromatic rings. The summed E-state index contributed by atoms with van der Waals surface area (Å²) in [7, 11) is 0. The van der Waals surface area contributed by atoms with Gasteiger partial charge in [-0.2, -0.15) is 0 Å². The quantitative estimate of drug-likeness (QED) is 0.907. The van der Waals surface area contributed by atoms with Crippen LogP contribution in [0.1, 0.15) is 18.4 Å². The smallest absolute Gasteiger partial charge is 0.303 e. The lowest BCUT2D eigenvalue weighted by molar-refractivity contribution is -0.137. The number of ether oxygens (including phenoxy) is 2. The van der Waals surface area contributed by atoms with Crippen LogP contribution in [0.4, 0.5) is 0 Å². The van der Waals surface area contributed by atoms with E-state index in [2.05, 4.69) is 15.9 Å². The van der Waals surface area contributed by atoms with E-state index >= 15 is 0 Å². The van der Waals surface area contributed by atoms with Gasteiger partial charge in [0, 0.05) is 17.3 Å². The summed E-state index contributed by atoms with van der Waals surface area (Å²) in [5, 5.41) is 8.61. The number of rotatable bonds is 5. The van der Waals surface area contributed by atoms with Crippen LogP contribution >= 0.6 is 15.9 Å². The molecule has 0 bridgehead atoms. The van der Waals surface area contributed by atoms with Crippen molar-refractivity contribution in [2.75, 3.05) is 6.61 Å². The van der Waals surface area contributed by atoms with Gasteiger partial charge in [0.2, 0.25) is 0 Å². The second-order valence-corrected chi connectivity index (χ2v) is 5.10. The first-order chi connectivity index (χ1) is 8.65. The zero-order valence-corrected chi connectivity index (χ0v) is 11.4. The molecule has 0 saturated carbocycles. The Hall–Kier alpha value is -0.910. The molecule has 5 heteroatoms. The highest BCUT2D eigenvalue weighted by Crippen LogP contribution is 2.23. The van der Waals surface area contributed by atoms with Crippen molar-refractivity contribution in [2.24, 2.45) is 0 Å². The molecule has 1 fully saturated rings. The van der Waals surface area contributed by atoms with Gasteiger partial charge in [-0.15, -0.1) is 0 Å². The van der Waals surface area contributed by atoms with Gasteiger partial charge < -0.3 is 14.6 Å². The molecule has 2 atom stereocenters. The molecule has 1 N–H and O–H groups in total. The van der Waals surface area contributed by atoms with Gasteiger partial charge in [-0.1, -0.05) is 34.1 Å². The van der Waals surface area contributed by atoms with Gasteiger partial charge in [0.15, 0.2) is 6.29 Å². The van der Waals surface area contributed by atoms with Crippen molar-refractivity contribution >= 4 is 21.9 Å². The lowest BCUT2D eigenvalue weighted by Gasteiger charge is -2.12. The molecule has 18 heavy (non-hydrogen) atoms. The largest absolute Gasteiger partial charge is 0.481 e. The summed E-state index contributed by atoms with van der Waals surface area (Å²) in [4.78, 5) is 10.5. The van der Waals surface area contributed by atoms with Crippen molar-refractivity contribution in [2.45, 2.75) is 31.7 Å². The maximum Gasteiger partial charge on any atom is 0.303 e. The molecular weight excluding hydrogens is 300 g/mol. The molecule has 0 spiro atoms. The van der Waals surface area contributed by atoms with Crippen LogP contribution in [0.25, 0.3) is 0 Å². The summed E-state index contributed by atoms with van der Waals surface area (Å²) in [5.41, 5.74) is 1.13. The summed E-state index contributed by atoms with van der Waals surface area (Å²) in [6, 6.07) is 7.92. The first kappa shape index (κ1) is 13.5. The van der Waals surface area contributed by atoms with Gasteiger partial charge >= 0.3 is 5.97 Å². The van der Waals surface area contributed by atoms with Gasteiger partial charge in [0.25, 0.3) is 0 Å². The second-order valence-electron chi connectivity index (χ2n) is 4.25. The minimum atomic E-state index is -0.798. The predicted octanol–water partition coefficient (Wildman–Crippen LogP) is 2.60. The predicted molar refractivity (Wildman–Crippen MR) is 69.3 cm³/mol. The molecule has 98 valence electrons. The van der Waals surface area contributed by atoms with E-state index in [1.807, 2.05) is 24.3 Å². The second kappa shape index (κ2) is 6.31. The fourth-order valence-corrected chi connectivity index (χ4v) is 2.34. The van der Waals surface area contributed by atoms with E-state index < -0.39 is 5.97 Å². The van der Waals surface area contributed by atoms with Crippen LogP contribution in [-0.4, -0.2) is 30.1 Å². The topological polar surface area (TPSA) is 55.8 Å². The van der Waals surface area contributed by atoms with Crippen LogP contribution in [0.3, 0.4) is 0 Å². The molecule has 1 heterocycles. The molecule has 2 rings (SSSR count). The first-order valence-corrected chi connectivity index (χ1v) is 6.66. The highest BCUT2D eigenvalue weighted by Gasteiger charge is 2.26. The number of carbonyl (C=O) groups is 1. The molecule has 2 unspecified atom stereocenters. The number of carboxylic acids is 1. The molecule has 0 aliphatic carbocycles. The Bertz CT molecular complexity index is 421. The van der Waals surface area contributed by atoms with Crippen molar-refractivity contribution in [3.8, 4) is 0 Å². The Morgan fingerprint density at radius 3 is 2.94 bits per heavy atom. The van der Waals surface area contributed by atoms with Gasteiger partial charge in [0.1, 0.15) is 0 Å². The van der Waals surface area contributed by atoms with E-state index in [0.29, 0.717) is 19.4 Å². The minimum absolute atomic E-state index is 0.103. The van der Waals surface area contributed by atoms with Gasteiger partial charge in [-0.25, -0.2) is 0 Å². The maximum atomic E-state index is 10.5. The molecule has 1 aliphatic heterocycles. The highest BCUT2D eigenvalue weighted by molar-refractivity contribution is 9.10. The third kappa shape index (κ3) is 3.80. The molecule has 1 aliphatic rings. The third-order valence-corrected chi connectivity index (χ3v) is 3.61. The summed E-state index contributed by atoms with van der Waals surface area (Å²) < 4.78 is 12.2. The van der Waals surface area contributed by atoms with Crippen LogP contribution in [0.2, 0.25) is 0 Å². The van der Waals surface area contributed by atoms with E-state index in [-0.39, 0.29) is 18.8 Å². The van der Waals surface area contributed by atoms with Crippen LogP contribution in [0.15, 0.2) is 28.7 Å². The zero-order valence-electron chi connectivity index (χ0n) is 9.84. The Morgan fingerprint density at radius 2 is 2.22 bits per heavy atom.